The van der Waals surface area contributed by atoms with Crippen molar-refractivity contribution in [2.24, 2.45) is 11.8 Å². The van der Waals surface area contributed by atoms with Gasteiger partial charge >= 0.3 is 0 Å². The normalized spacial score (nSPS) is 28.1. The van der Waals surface area contributed by atoms with Crippen LogP contribution in [0, 0.1) is 11.8 Å². The number of nitrogens with one attached hydrogen (secondary N) is 1. The van der Waals surface area contributed by atoms with E-state index < -0.39 is 0 Å². The number of piperazine rings is 1. The maximum Gasteiger partial charge on any atom is 0.247 e. The molecule has 8 nitrogen and oxygen atoms in total. The molecule has 164 valence electrons. The van der Waals surface area contributed by atoms with Crippen molar-refractivity contribution in [3.05, 3.63) is 30.3 Å². The highest BCUT2D eigenvalue weighted by atomic mass is 16.5. The Morgan fingerprint density at radius 2 is 1.87 bits per heavy atom. The van der Waals surface area contributed by atoms with Gasteiger partial charge in [0.15, 0.2) is 0 Å². The van der Waals surface area contributed by atoms with Crippen LogP contribution in [0.3, 0.4) is 0 Å². The summed E-state index contributed by atoms with van der Waals surface area (Å²) in [5.41, 5.74) is 4.23. The monoisotopic (exact) mass is 415 g/mol. The van der Waals surface area contributed by atoms with Gasteiger partial charge in [-0.2, -0.15) is 0 Å². The minimum Gasteiger partial charge on any atom is -0.385 e. The molecule has 3 atom stereocenters. The fourth-order valence-corrected chi connectivity index (χ4v) is 4.82. The number of methoxy groups -OCH3 is 1. The van der Waals surface area contributed by atoms with E-state index in [1.165, 1.54) is 0 Å². The van der Waals surface area contributed by atoms with E-state index in [1.807, 2.05) is 35.2 Å². The fourth-order valence-electron chi connectivity index (χ4n) is 4.82. The third-order valence-electron chi connectivity index (χ3n) is 6.56. The molecule has 1 aromatic rings. The largest absolute Gasteiger partial charge is 0.385 e. The lowest BCUT2D eigenvalue weighted by Crippen LogP contribution is -2.59. The molecule has 4 rings (SSSR count). The van der Waals surface area contributed by atoms with Crippen molar-refractivity contribution in [1.29, 1.82) is 0 Å². The van der Waals surface area contributed by atoms with Crippen LogP contribution < -0.4 is 10.4 Å². The molecule has 2 amide bonds. The average Bonchev–Trinajstić information content (AvgIpc) is 3.11. The predicted octanol–water partition coefficient (Wildman–Crippen LogP) is 0.265. The van der Waals surface area contributed by atoms with E-state index in [-0.39, 0.29) is 29.7 Å². The van der Waals surface area contributed by atoms with E-state index in [4.69, 9.17) is 4.74 Å². The number of hydrogen-bond acceptors (Lipinski definition) is 6. The van der Waals surface area contributed by atoms with Crippen molar-refractivity contribution in [2.45, 2.75) is 12.5 Å². The maximum absolute atomic E-state index is 13.5. The highest BCUT2D eigenvalue weighted by Crippen LogP contribution is 2.33. The molecule has 1 aromatic carbocycles. The van der Waals surface area contributed by atoms with E-state index in [9.17, 15) is 9.59 Å². The summed E-state index contributed by atoms with van der Waals surface area (Å²) in [6.07, 6.45) is 0.896. The number of benzene rings is 1. The molecule has 8 heteroatoms. The van der Waals surface area contributed by atoms with Gasteiger partial charge in [-0.05, 0) is 25.6 Å². The molecule has 3 aliphatic heterocycles. The number of rotatable bonds is 6. The first-order valence-electron chi connectivity index (χ1n) is 10.9. The van der Waals surface area contributed by atoms with Crippen molar-refractivity contribution in [3.8, 4) is 0 Å². The van der Waals surface area contributed by atoms with Crippen LogP contribution in [0.4, 0.5) is 5.69 Å². The molecule has 3 aliphatic rings. The molecular weight excluding hydrogens is 382 g/mol. The lowest BCUT2D eigenvalue weighted by atomic mass is 9.83. The van der Waals surface area contributed by atoms with Gasteiger partial charge in [0.1, 0.15) is 0 Å². The van der Waals surface area contributed by atoms with Gasteiger partial charge in [-0.25, -0.2) is 10.4 Å². The van der Waals surface area contributed by atoms with Gasteiger partial charge in [-0.1, -0.05) is 18.2 Å². The standard InChI is InChI=1S/C22H33N5O3/c1-24-10-12-26(13-11-24)21(28)18-15-25(9-6-14-30-2)16-19-20(18)23-27(22(19)29)17-7-4-3-5-8-17/h3-5,7-8,18-20,23H,6,9-16H2,1-2H3. The SMILES string of the molecule is COCCCN1CC(C(=O)N2CCN(C)CC2)C2NN(c3ccccc3)C(=O)C2C1. The Morgan fingerprint density at radius 3 is 2.57 bits per heavy atom. The third-order valence-corrected chi connectivity index (χ3v) is 6.56. The van der Waals surface area contributed by atoms with Crippen LogP contribution in [0.2, 0.25) is 0 Å². The molecule has 0 saturated carbocycles. The lowest BCUT2D eigenvalue weighted by Gasteiger charge is -2.42. The fraction of sp³-hybridized carbons (Fsp3) is 0.636. The van der Waals surface area contributed by atoms with Gasteiger partial charge in [0.05, 0.1) is 23.6 Å². The molecule has 3 heterocycles. The number of carbonyl (C=O) groups is 2. The molecule has 0 aliphatic carbocycles. The third kappa shape index (κ3) is 4.37. The highest BCUT2D eigenvalue weighted by molar-refractivity contribution is 5.98. The molecule has 0 bridgehead atoms. The Bertz CT molecular complexity index is 738. The summed E-state index contributed by atoms with van der Waals surface area (Å²) in [5, 5.41) is 1.65. The van der Waals surface area contributed by atoms with Crippen molar-refractivity contribution in [1.82, 2.24) is 20.1 Å². The van der Waals surface area contributed by atoms with Crippen molar-refractivity contribution in [3.63, 3.8) is 0 Å². The highest BCUT2D eigenvalue weighted by Gasteiger charge is 2.51. The summed E-state index contributed by atoms with van der Waals surface area (Å²) in [4.78, 5) is 33.3. The zero-order chi connectivity index (χ0) is 21.1. The van der Waals surface area contributed by atoms with Gasteiger partial charge in [0.2, 0.25) is 11.8 Å². The maximum atomic E-state index is 13.5. The van der Waals surface area contributed by atoms with Gasteiger partial charge in [-0.15, -0.1) is 0 Å². The molecule has 3 fully saturated rings. The van der Waals surface area contributed by atoms with Crippen LogP contribution in [0.15, 0.2) is 30.3 Å². The zero-order valence-electron chi connectivity index (χ0n) is 18.0. The smallest absolute Gasteiger partial charge is 0.247 e. The number of likely N-dealkylation sites (tertiary alicyclic amines) is 1. The Morgan fingerprint density at radius 1 is 1.13 bits per heavy atom. The molecule has 3 saturated heterocycles. The number of hydrazine groups is 1. The zero-order valence-corrected chi connectivity index (χ0v) is 18.0. The summed E-state index contributed by atoms with van der Waals surface area (Å²) in [6.45, 7) is 6.17. The molecule has 0 spiro atoms. The first-order valence-corrected chi connectivity index (χ1v) is 10.9. The van der Waals surface area contributed by atoms with Crippen LogP contribution in [0.1, 0.15) is 6.42 Å². The van der Waals surface area contributed by atoms with E-state index in [2.05, 4.69) is 22.3 Å². The number of anilines is 1. The van der Waals surface area contributed by atoms with Gasteiger partial charge in [0.25, 0.3) is 0 Å². The number of amides is 2. The van der Waals surface area contributed by atoms with Crippen molar-refractivity contribution < 1.29 is 14.3 Å². The summed E-state index contributed by atoms with van der Waals surface area (Å²) >= 11 is 0. The number of carbonyl (C=O) groups excluding carboxylic acids is 2. The average molecular weight is 416 g/mol. The number of para-hydroxylation sites is 1. The van der Waals surface area contributed by atoms with Gasteiger partial charge in [0, 0.05) is 59.5 Å². The van der Waals surface area contributed by atoms with Gasteiger partial charge in [-0.3, -0.25) is 9.59 Å². The topological polar surface area (TPSA) is 68.4 Å². The lowest BCUT2D eigenvalue weighted by molar-refractivity contribution is -0.141. The van der Waals surface area contributed by atoms with Crippen LogP contribution in [-0.4, -0.2) is 99.1 Å². The Labute approximate surface area is 178 Å². The molecule has 3 unspecified atom stereocenters. The molecule has 30 heavy (non-hydrogen) atoms. The summed E-state index contributed by atoms with van der Waals surface area (Å²) < 4.78 is 5.20. The van der Waals surface area contributed by atoms with Crippen molar-refractivity contribution >= 4 is 17.5 Å². The van der Waals surface area contributed by atoms with E-state index in [1.54, 1.807) is 12.1 Å². The first-order chi connectivity index (χ1) is 14.6. The Kier molecular flexibility index (Phi) is 6.67. The Hall–Kier alpha value is -2.00. The minimum absolute atomic E-state index is 0.0545. The summed E-state index contributed by atoms with van der Waals surface area (Å²) in [7, 11) is 3.79. The summed E-state index contributed by atoms with van der Waals surface area (Å²) in [5.74, 6) is -0.223. The van der Waals surface area contributed by atoms with E-state index in [0.29, 0.717) is 19.7 Å². The second-order valence-corrected chi connectivity index (χ2v) is 8.61. The molecular formula is C22H33N5O3. The number of fused-ring (bicyclic) bond motifs is 1. The van der Waals surface area contributed by atoms with Gasteiger partial charge < -0.3 is 19.4 Å². The first kappa shape index (κ1) is 21.2. The number of nitrogens with zero attached hydrogens (tertiary/aromatic N) is 4. The van der Waals surface area contributed by atoms with Crippen LogP contribution in [0.5, 0.6) is 0 Å². The van der Waals surface area contributed by atoms with Crippen molar-refractivity contribution in [2.75, 3.05) is 71.6 Å². The van der Waals surface area contributed by atoms with Crippen LogP contribution in [0.25, 0.3) is 0 Å². The minimum atomic E-state index is -0.229. The van der Waals surface area contributed by atoms with Crippen LogP contribution in [-0.2, 0) is 14.3 Å². The molecule has 1 N–H and O–H groups in total. The molecule has 0 radical (unpaired) electrons. The second-order valence-electron chi connectivity index (χ2n) is 8.61. The number of ether oxygens (including phenoxy) is 1. The summed E-state index contributed by atoms with van der Waals surface area (Å²) in [6, 6.07) is 9.48. The predicted molar refractivity (Wildman–Crippen MR) is 115 cm³/mol. The molecule has 0 aromatic heterocycles. The number of likely N-dealkylation sites (N-methyl/N-ethyl adjacent to an activating group) is 1. The van der Waals surface area contributed by atoms with Crippen LogP contribution >= 0.6 is 0 Å². The van der Waals surface area contributed by atoms with E-state index >= 15 is 0 Å². The Balaban J connectivity index is 1.54. The van der Waals surface area contributed by atoms with E-state index in [0.717, 1.165) is 44.8 Å². The number of hydrogen-bond donors (Lipinski definition) is 1. The number of piperidine rings is 1. The quantitative estimate of drug-likeness (QED) is 0.673. The second kappa shape index (κ2) is 9.43.